The van der Waals surface area contributed by atoms with Crippen LogP contribution in [0.25, 0.3) is 84.9 Å². The van der Waals surface area contributed by atoms with Crippen LogP contribution in [0.5, 0.6) is 0 Å². The summed E-state index contributed by atoms with van der Waals surface area (Å²) in [7, 11) is 0. The van der Waals surface area contributed by atoms with E-state index in [9.17, 15) is 5.26 Å². The minimum Gasteiger partial charge on any atom is -0.192 e. The molecule has 0 fully saturated rings. The molecule has 0 amide bonds. The molecule has 2 aromatic heterocycles. The third kappa shape index (κ3) is 4.27. The van der Waals surface area contributed by atoms with Crippen molar-refractivity contribution in [1.29, 1.82) is 5.26 Å². The van der Waals surface area contributed by atoms with Crippen LogP contribution in [-0.4, -0.2) is 0 Å². The molecule has 0 aliphatic carbocycles. The molecule has 9 rings (SSSR count). The topological polar surface area (TPSA) is 23.8 Å². The van der Waals surface area contributed by atoms with Gasteiger partial charge in [-0.05, 0) is 81.4 Å². The summed E-state index contributed by atoms with van der Waals surface area (Å²) in [5, 5.41) is 15.6. The Hall–Kier alpha value is -5.53. The fourth-order valence-corrected chi connectivity index (χ4v) is 9.26. The van der Waals surface area contributed by atoms with Gasteiger partial charge in [0.1, 0.15) is 0 Å². The fourth-order valence-electron chi connectivity index (χ4n) is 6.89. The average molecular weight is 620 g/mol. The molecule has 7 aromatic carbocycles. The van der Waals surface area contributed by atoms with Gasteiger partial charge in [-0.15, -0.1) is 22.7 Å². The number of fused-ring (bicyclic) bond motifs is 6. The molecule has 0 atom stereocenters. The molecule has 0 aliphatic rings. The van der Waals surface area contributed by atoms with Gasteiger partial charge in [-0.2, -0.15) is 5.26 Å². The van der Waals surface area contributed by atoms with Gasteiger partial charge in [-0.3, -0.25) is 0 Å². The molecule has 0 N–H and O–H groups in total. The molecule has 0 spiro atoms. The Balaban J connectivity index is 1.39. The Morgan fingerprint density at radius 1 is 0.413 bits per heavy atom. The maximum Gasteiger partial charge on any atom is 0.0998 e. The van der Waals surface area contributed by atoms with Crippen molar-refractivity contribution >= 4 is 63.0 Å². The predicted octanol–water partition coefficient (Wildman–Crippen LogP) is 13.0. The average Bonchev–Trinajstić information content (AvgIpc) is 3.70. The third-order valence-electron chi connectivity index (χ3n) is 8.92. The summed E-state index contributed by atoms with van der Waals surface area (Å²) in [6.07, 6.45) is 0. The van der Waals surface area contributed by atoms with Crippen LogP contribution in [0, 0.1) is 11.3 Å². The quantitative estimate of drug-likeness (QED) is 0.192. The molecule has 3 heteroatoms. The van der Waals surface area contributed by atoms with E-state index in [0.29, 0.717) is 5.56 Å². The first kappa shape index (κ1) is 26.8. The van der Waals surface area contributed by atoms with E-state index in [1.54, 1.807) is 0 Å². The van der Waals surface area contributed by atoms with E-state index >= 15 is 0 Å². The van der Waals surface area contributed by atoms with Crippen molar-refractivity contribution in [3.05, 3.63) is 157 Å². The lowest BCUT2D eigenvalue weighted by molar-refractivity contribution is 1.47. The zero-order valence-electron chi connectivity index (χ0n) is 24.7. The number of rotatable bonds is 4. The van der Waals surface area contributed by atoms with Crippen LogP contribution >= 0.6 is 22.7 Å². The van der Waals surface area contributed by atoms with Crippen LogP contribution in [-0.2, 0) is 0 Å². The summed E-state index contributed by atoms with van der Waals surface area (Å²) in [5.74, 6) is 0. The number of hydrogen-bond donors (Lipinski definition) is 0. The summed E-state index contributed by atoms with van der Waals surface area (Å²) in [6, 6.07) is 56.6. The van der Waals surface area contributed by atoms with Gasteiger partial charge in [0.05, 0.1) is 11.6 Å². The van der Waals surface area contributed by atoms with E-state index in [1.165, 1.54) is 51.5 Å². The molecule has 0 saturated carbocycles. The first-order chi connectivity index (χ1) is 22.8. The molecule has 2 heterocycles. The zero-order chi connectivity index (χ0) is 30.6. The Kier molecular flexibility index (Phi) is 6.31. The Labute approximate surface area is 274 Å². The van der Waals surface area contributed by atoms with E-state index < -0.39 is 0 Å². The minimum atomic E-state index is 0.670. The van der Waals surface area contributed by atoms with E-state index in [4.69, 9.17) is 0 Å². The molecule has 0 saturated heterocycles. The summed E-state index contributed by atoms with van der Waals surface area (Å²) in [6.45, 7) is 0. The predicted molar refractivity (Wildman–Crippen MR) is 199 cm³/mol. The first-order valence-electron chi connectivity index (χ1n) is 15.3. The van der Waals surface area contributed by atoms with Crippen molar-refractivity contribution in [3.8, 4) is 50.6 Å². The number of nitrogens with zero attached hydrogens (tertiary/aromatic N) is 1. The second-order valence-electron chi connectivity index (χ2n) is 11.6. The minimum absolute atomic E-state index is 0.670. The van der Waals surface area contributed by atoms with E-state index in [-0.39, 0.29) is 0 Å². The monoisotopic (exact) mass is 619 g/mol. The molecule has 0 bridgehead atoms. The number of hydrogen-bond acceptors (Lipinski definition) is 3. The number of thiophene rings is 2. The summed E-state index contributed by atoms with van der Waals surface area (Å²) in [5.41, 5.74) is 9.53. The lowest BCUT2D eigenvalue weighted by Crippen LogP contribution is -1.93. The van der Waals surface area contributed by atoms with Crippen LogP contribution in [0.4, 0.5) is 0 Å². The molecule has 0 aliphatic heterocycles. The van der Waals surface area contributed by atoms with E-state index in [1.807, 2.05) is 40.9 Å². The van der Waals surface area contributed by atoms with Gasteiger partial charge in [0.2, 0.25) is 0 Å². The highest BCUT2D eigenvalue weighted by atomic mass is 32.1. The van der Waals surface area contributed by atoms with Crippen molar-refractivity contribution < 1.29 is 0 Å². The molecule has 9 aromatic rings. The highest BCUT2D eigenvalue weighted by Gasteiger charge is 2.19. The molecule has 0 radical (unpaired) electrons. The molecule has 214 valence electrons. The third-order valence-corrected chi connectivity index (χ3v) is 11.3. The summed E-state index contributed by atoms with van der Waals surface area (Å²) < 4.78 is 5.14. The van der Waals surface area contributed by atoms with Crippen LogP contribution in [0.1, 0.15) is 5.56 Å². The smallest absolute Gasteiger partial charge is 0.0998 e. The van der Waals surface area contributed by atoms with Crippen LogP contribution in [0.2, 0.25) is 0 Å². The maximum atomic E-state index is 10.4. The number of benzene rings is 7. The largest absolute Gasteiger partial charge is 0.192 e. The van der Waals surface area contributed by atoms with E-state index in [2.05, 4.69) is 140 Å². The SMILES string of the molecule is N#Cc1cccc(-c2ccccc2)c1-c1cc(-c2cccc3c2sc2ccccc23)cc(-c2cccc3sc4ccccc4c23)c1. The molecule has 0 unspecified atom stereocenters. The highest BCUT2D eigenvalue weighted by molar-refractivity contribution is 7.26. The molecular formula is C43H25NS2. The van der Waals surface area contributed by atoms with Gasteiger partial charge in [0.25, 0.3) is 0 Å². The van der Waals surface area contributed by atoms with Crippen molar-refractivity contribution in [2.45, 2.75) is 0 Å². The van der Waals surface area contributed by atoms with Gasteiger partial charge in [-0.1, -0.05) is 109 Å². The van der Waals surface area contributed by atoms with Crippen molar-refractivity contribution in [2.75, 3.05) is 0 Å². The fraction of sp³-hybridized carbons (Fsp3) is 0. The Morgan fingerprint density at radius 3 is 1.83 bits per heavy atom. The van der Waals surface area contributed by atoms with Crippen LogP contribution < -0.4 is 0 Å². The highest BCUT2D eigenvalue weighted by Crippen LogP contribution is 2.46. The summed E-state index contributed by atoms with van der Waals surface area (Å²) in [4.78, 5) is 0. The molecule has 46 heavy (non-hydrogen) atoms. The summed E-state index contributed by atoms with van der Waals surface area (Å²) >= 11 is 3.69. The second kappa shape index (κ2) is 10.8. The van der Waals surface area contributed by atoms with Gasteiger partial charge in [-0.25, -0.2) is 0 Å². The van der Waals surface area contributed by atoms with Gasteiger partial charge < -0.3 is 0 Å². The van der Waals surface area contributed by atoms with Gasteiger partial charge >= 0.3 is 0 Å². The van der Waals surface area contributed by atoms with Crippen LogP contribution in [0.15, 0.2) is 152 Å². The lowest BCUT2D eigenvalue weighted by Gasteiger charge is -2.16. The normalized spacial score (nSPS) is 11.5. The molecular weight excluding hydrogens is 595 g/mol. The van der Waals surface area contributed by atoms with Crippen molar-refractivity contribution in [3.63, 3.8) is 0 Å². The maximum absolute atomic E-state index is 10.4. The van der Waals surface area contributed by atoms with E-state index in [0.717, 1.165) is 33.4 Å². The first-order valence-corrected chi connectivity index (χ1v) is 17.0. The standard InChI is InChI=1S/C43H25NS2/c44-26-28-13-8-16-32(27-11-2-1-3-12-27)41(28)31-24-29(33-17-10-22-40-42(33)37-15-5-7-21-39(37)45-40)23-30(25-31)34-18-9-19-36-35-14-4-6-20-38(35)46-43(34)36/h1-25H. The zero-order valence-corrected chi connectivity index (χ0v) is 26.3. The van der Waals surface area contributed by atoms with Gasteiger partial charge in [0, 0.05) is 45.9 Å². The molecule has 1 nitrogen and oxygen atoms in total. The Morgan fingerprint density at radius 2 is 1.00 bits per heavy atom. The Bertz CT molecular complexity index is 2650. The lowest BCUT2D eigenvalue weighted by atomic mass is 9.86. The second-order valence-corrected chi connectivity index (χ2v) is 13.7. The van der Waals surface area contributed by atoms with Crippen molar-refractivity contribution in [1.82, 2.24) is 0 Å². The van der Waals surface area contributed by atoms with Gasteiger partial charge in [0.15, 0.2) is 0 Å². The van der Waals surface area contributed by atoms with Crippen molar-refractivity contribution in [2.24, 2.45) is 0 Å². The number of nitriles is 1. The van der Waals surface area contributed by atoms with Crippen LogP contribution in [0.3, 0.4) is 0 Å².